The molecule has 0 amide bonds. The molecule has 0 saturated heterocycles. The van der Waals surface area contributed by atoms with Crippen LogP contribution in [0.1, 0.15) is 18.9 Å². The Labute approximate surface area is 146 Å². The summed E-state index contributed by atoms with van der Waals surface area (Å²) in [7, 11) is 0. The highest BCUT2D eigenvalue weighted by molar-refractivity contribution is 6.13. The van der Waals surface area contributed by atoms with Crippen molar-refractivity contribution in [2.24, 2.45) is 0 Å². The van der Waals surface area contributed by atoms with Crippen LogP contribution < -0.4 is 11.1 Å². The summed E-state index contributed by atoms with van der Waals surface area (Å²) >= 11 is 0. The van der Waals surface area contributed by atoms with Crippen molar-refractivity contribution in [2.75, 3.05) is 11.1 Å². The molecule has 25 heavy (non-hydrogen) atoms. The van der Waals surface area contributed by atoms with E-state index in [1.165, 1.54) is 5.56 Å². The van der Waals surface area contributed by atoms with Crippen molar-refractivity contribution < 1.29 is 0 Å². The van der Waals surface area contributed by atoms with Crippen molar-refractivity contribution in [2.45, 2.75) is 26.4 Å². The van der Waals surface area contributed by atoms with Gasteiger partial charge in [-0.1, -0.05) is 55.5 Å². The molecule has 4 rings (SSSR count). The fourth-order valence-electron chi connectivity index (χ4n) is 3.20. The van der Waals surface area contributed by atoms with E-state index in [-0.39, 0.29) is 0 Å². The summed E-state index contributed by atoms with van der Waals surface area (Å²) < 4.78 is 2.01. The Morgan fingerprint density at radius 1 is 1.04 bits per heavy atom. The van der Waals surface area contributed by atoms with Crippen LogP contribution in [0.3, 0.4) is 0 Å². The Morgan fingerprint density at radius 2 is 1.80 bits per heavy atom. The molecule has 2 aromatic heterocycles. The zero-order chi connectivity index (χ0) is 17.2. The van der Waals surface area contributed by atoms with Gasteiger partial charge in [-0.3, -0.25) is 0 Å². The Kier molecular flexibility index (Phi) is 3.98. The van der Waals surface area contributed by atoms with E-state index in [1.54, 1.807) is 0 Å². The Morgan fingerprint density at radius 3 is 2.60 bits per heavy atom. The monoisotopic (exact) mass is 331 g/mol. The minimum absolute atomic E-state index is 0.478. The first-order valence-electron chi connectivity index (χ1n) is 8.60. The second-order valence-electron chi connectivity index (χ2n) is 6.15. The number of fused-ring (bicyclic) bond motifs is 3. The second kappa shape index (κ2) is 6.43. The molecule has 0 fully saturated rings. The van der Waals surface area contributed by atoms with E-state index in [0.717, 1.165) is 47.1 Å². The van der Waals surface area contributed by atoms with E-state index in [0.29, 0.717) is 5.82 Å². The number of nitrogens with zero attached hydrogens (tertiary/aromatic N) is 3. The number of hydrogen-bond donors (Lipinski definition) is 2. The topological polar surface area (TPSA) is 68.8 Å². The number of pyridine rings is 1. The van der Waals surface area contributed by atoms with Gasteiger partial charge in [-0.2, -0.15) is 5.10 Å². The summed E-state index contributed by atoms with van der Waals surface area (Å²) in [4.78, 5) is 4.51. The molecule has 0 aliphatic rings. The van der Waals surface area contributed by atoms with Gasteiger partial charge in [-0.15, -0.1) is 0 Å². The zero-order valence-electron chi connectivity index (χ0n) is 14.2. The van der Waals surface area contributed by atoms with E-state index in [4.69, 9.17) is 10.8 Å². The fourth-order valence-corrected chi connectivity index (χ4v) is 3.20. The molecule has 0 aliphatic heterocycles. The minimum Gasteiger partial charge on any atom is -0.382 e. The van der Waals surface area contributed by atoms with Gasteiger partial charge < -0.3 is 11.1 Å². The van der Waals surface area contributed by atoms with Crippen LogP contribution in [0.5, 0.6) is 0 Å². The zero-order valence-corrected chi connectivity index (χ0v) is 14.2. The maximum Gasteiger partial charge on any atom is 0.152 e. The normalized spacial score (nSPS) is 11.2. The van der Waals surface area contributed by atoms with Gasteiger partial charge in [-0.05, 0) is 18.1 Å². The number of benzene rings is 2. The number of anilines is 2. The van der Waals surface area contributed by atoms with Crippen LogP contribution in [-0.2, 0) is 13.1 Å². The van der Waals surface area contributed by atoms with Crippen molar-refractivity contribution in [3.8, 4) is 0 Å². The highest BCUT2D eigenvalue weighted by Gasteiger charge is 2.17. The van der Waals surface area contributed by atoms with Crippen molar-refractivity contribution in [3.05, 3.63) is 60.2 Å². The lowest BCUT2D eigenvalue weighted by Gasteiger charge is -2.10. The van der Waals surface area contributed by atoms with E-state index in [1.807, 2.05) is 28.9 Å². The van der Waals surface area contributed by atoms with Crippen LogP contribution in [0.15, 0.2) is 54.6 Å². The SMILES string of the molecule is CCCn1nc2c(N)nc3ccccc3c2c1NCc1ccccc1. The van der Waals surface area contributed by atoms with Gasteiger partial charge in [0.05, 0.1) is 10.9 Å². The van der Waals surface area contributed by atoms with Gasteiger partial charge in [0.1, 0.15) is 11.3 Å². The van der Waals surface area contributed by atoms with Crippen LogP contribution in [0.4, 0.5) is 11.6 Å². The molecule has 2 heterocycles. The summed E-state index contributed by atoms with van der Waals surface area (Å²) in [6, 6.07) is 18.4. The first-order valence-corrected chi connectivity index (χ1v) is 8.60. The van der Waals surface area contributed by atoms with Crippen LogP contribution in [0, 0.1) is 0 Å². The molecular formula is C20H21N5. The van der Waals surface area contributed by atoms with Crippen LogP contribution in [0.25, 0.3) is 21.8 Å². The third-order valence-corrected chi connectivity index (χ3v) is 4.35. The number of para-hydroxylation sites is 1. The molecule has 4 aromatic rings. The highest BCUT2D eigenvalue weighted by Crippen LogP contribution is 2.33. The van der Waals surface area contributed by atoms with Crippen LogP contribution in [0.2, 0.25) is 0 Å². The lowest BCUT2D eigenvalue weighted by molar-refractivity contribution is 0.613. The summed E-state index contributed by atoms with van der Waals surface area (Å²) in [5.41, 5.74) is 9.08. The molecule has 2 aromatic carbocycles. The molecule has 0 radical (unpaired) electrons. The number of hydrogen-bond acceptors (Lipinski definition) is 4. The van der Waals surface area contributed by atoms with Gasteiger partial charge in [0.2, 0.25) is 0 Å². The molecule has 0 spiro atoms. The van der Waals surface area contributed by atoms with E-state index in [9.17, 15) is 0 Å². The predicted octanol–water partition coefficient (Wildman–Crippen LogP) is 4.19. The second-order valence-corrected chi connectivity index (χ2v) is 6.15. The summed E-state index contributed by atoms with van der Waals surface area (Å²) in [5, 5.41) is 10.4. The van der Waals surface area contributed by atoms with Crippen LogP contribution in [-0.4, -0.2) is 14.8 Å². The maximum absolute atomic E-state index is 6.19. The van der Waals surface area contributed by atoms with E-state index >= 15 is 0 Å². The van der Waals surface area contributed by atoms with Gasteiger partial charge >= 0.3 is 0 Å². The largest absolute Gasteiger partial charge is 0.382 e. The van der Waals surface area contributed by atoms with Crippen molar-refractivity contribution in [1.82, 2.24) is 14.8 Å². The standard InChI is InChI=1S/C20H21N5/c1-2-12-25-20(22-13-14-8-4-3-5-9-14)17-15-10-6-7-11-16(15)23-19(21)18(17)24-25/h3-11,22H,2,12-13H2,1H3,(H2,21,23). The fraction of sp³-hybridized carbons (Fsp3) is 0.200. The number of nitrogen functional groups attached to an aromatic ring is 1. The average molecular weight is 331 g/mol. The van der Waals surface area contributed by atoms with E-state index < -0.39 is 0 Å². The molecule has 3 N–H and O–H groups in total. The van der Waals surface area contributed by atoms with Gasteiger partial charge in [0, 0.05) is 18.5 Å². The quantitative estimate of drug-likeness (QED) is 0.575. The van der Waals surface area contributed by atoms with Crippen molar-refractivity contribution in [1.29, 1.82) is 0 Å². The molecule has 0 saturated carbocycles. The molecule has 0 unspecified atom stereocenters. The summed E-state index contributed by atoms with van der Waals surface area (Å²) in [6.07, 6.45) is 0.999. The molecule has 126 valence electrons. The molecular weight excluding hydrogens is 310 g/mol. The first-order chi connectivity index (χ1) is 12.3. The Bertz CT molecular complexity index is 1020. The van der Waals surface area contributed by atoms with E-state index in [2.05, 4.69) is 47.6 Å². The number of aromatic nitrogens is 3. The van der Waals surface area contributed by atoms with Crippen molar-refractivity contribution in [3.63, 3.8) is 0 Å². The number of nitrogens with two attached hydrogens (primary N) is 1. The average Bonchev–Trinajstić information content (AvgIpc) is 3.00. The summed E-state index contributed by atoms with van der Waals surface area (Å²) in [6.45, 7) is 3.72. The van der Waals surface area contributed by atoms with Gasteiger partial charge in [0.25, 0.3) is 0 Å². The van der Waals surface area contributed by atoms with Gasteiger partial charge in [-0.25, -0.2) is 9.67 Å². The van der Waals surface area contributed by atoms with Gasteiger partial charge in [0.15, 0.2) is 5.82 Å². The minimum atomic E-state index is 0.478. The number of aryl methyl sites for hydroxylation is 1. The number of nitrogens with one attached hydrogen (secondary N) is 1. The molecule has 0 aliphatic carbocycles. The highest BCUT2D eigenvalue weighted by atomic mass is 15.3. The predicted molar refractivity (Wildman–Crippen MR) is 104 cm³/mol. The third kappa shape index (κ3) is 2.78. The number of rotatable bonds is 5. The smallest absolute Gasteiger partial charge is 0.152 e. The summed E-state index contributed by atoms with van der Waals surface area (Å²) in [5.74, 6) is 1.48. The molecule has 0 atom stereocenters. The third-order valence-electron chi connectivity index (χ3n) is 4.35. The Hall–Kier alpha value is -3.08. The van der Waals surface area contributed by atoms with Crippen LogP contribution >= 0.6 is 0 Å². The lowest BCUT2D eigenvalue weighted by Crippen LogP contribution is -2.08. The molecule has 0 bridgehead atoms. The lowest BCUT2D eigenvalue weighted by atomic mass is 10.1. The molecule has 5 nitrogen and oxygen atoms in total. The molecule has 5 heteroatoms. The first kappa shape index (κ1) is 15.4. The maximum atomic E-state index is 6.19. The van der Waals surface area contributed by atoms with Crippen molar-refractivity contribution >= 4 is 33.4 Å². The Balaban J connectivity index is 1.88.